The maximum atomic E-state index is 13.0. The minimum atomic E-state index is -3.72. The fraction of sp³-hybridized carbons (Fsp3) is 0.588. The molecule has 1 heterocycles. The average Bonchev–Trinajstić information content (AvgIpc) is 2.60. The number of nitrogens with one attached hydrogen (secondary N) is 1. The summed E-state index contributed by atoms with van der Waals surface area (Å²) in [6.07, 6.45) is 1.08. The minimum absolute atomic E-state index is 0.215. The molecule has 1 N–H and O–H groups in total. The first kappa shape index (κ1) is 20.8. The van der Waals surface area contributed by atoms with Crippen LogP contribution < -0.4 is 13.9 Å². The Balaban J connectivity index is 2.33. The first-order valence-electron chi connectivity index (χ1n) is 8.64. The number of likely N-dealkylation sites (N-methyl/N-ethyl adjacent to an activating group) is 1. The number of rotatable bonds is 6. The zero-order valence-corrected chi connectivity index (χ0v) is 17.2. The van der Waals surface area contributed by atoms with E-state index in [0.717, 1.165) is 30.2 Å². The van der Waals surface area contributed by atoms with Crippen LogP contribution in [0.1, 0.15) is 13.8 Å². The van der Waals surface area contributed by atoms with Gasteiger partial charge in [0.15, 0.2) is 0 Å². The number of benzene rings is 1. The summed E-state index contributed by atoms with van der Waals surface area (Å²) < 4.78 is 31.4. The normalized spacial score (nSPS) is 17.0. The molecule has 1 atom stereocenters. The smallest absolute Gasteiger partial charge is 0.246 e. The topological polar surface area (TPSA) is 71.4 Å². The molecule has 1 aliphatic rings. The van der Waals surface area contributed by atoms with Crippen molar-refractivity contribution in [2.45, 2.75) is 19.9 Å². The summed E-state index contributed by atoms with van der Waals surface area (Å²) >= 11 is 6.06. The molecule has 1 saturated heterocycles. The first-order chi connectivity index (χ1) is 12.2. The van der Waals surface area contributed by atoms with Crippen molar-refractivity contribution in [2.24, 2.45) is 0 Å². The molecule has 146 valence electrons. The highest BCUT2D eigenvalue weighted by atomic mass is 35.5. The molecule has 0 aromatic heterocycles. The van der Waals surface area contributed by atoms with Crippen LogP contribution in [0.15, 0.2) is 18.2 Å². The maximum Gasteiger partial charge on any atom is 0.246 e. The summed E-state index contributed by atoms with van der Waals surface area (Å²) in [5.74, 6) is 0.132. The number of anilines is 1. The zero-order chi connectivity index (χ0) is 19.5. The predicted octanol–water partition coefficient (Wildman–Crippen LogP) is 0.250. The lowest BCUT2D eigenvalue weighted by atomic mass is 10.2. The van der Waals surface area contributed by atoms with Crippen molar-refractivity contribution < 1.29 is 22.8 Å². The number of amides is 1. The monoisotopic (exact) mass is 404 g/mol. The van der Waals surface area contributed by atoms with Crippen LogP contribution >= 0.6 is 11.6 Å². The van der Waals surface area contributed by atoms with Gasteiger partial charge in [-0.25, -0.2) is 8.42 Å². The second-order valence-electron chi connectivity index (χ2n) is 6.48. The van der Waals surface area contributed by atoms with Gasteiger partial charge >= 0.3 is 0 Å². The molecule has 1 amide bonds. The Morgan fingerprint density at radius 2 is 2.00 bits per heavy atom. The van der Waals surface area contributed by atoms with Crippen molar-refractivity contribution in [3.8, 4) is 5.75 Å². The van der Waals surface area contributed by atoms with E-state index >= 15 is 0 Å². The molecule has 1 aromatic rings. The van der Waals surface area contributed by atoms with E-state index in [1.807, 2.05) is 0 Å². The molecule has 9 heteroatoms. The summed E-state index contributed by atoms with van der Waals surface area (Å²) in [5.41, 5.74) is 0.265. The van der Waals surface area contributed by atoms with Crippen molar-refractivity contribution in [2.75, 3.05) is 50.4 Å². The quantitative estimate of drug-likeness (QED) is 0.737. The third kappa shape index (κ3) is 4.61. The van der Waals surface area contributed by atoms with Crippen LogP contribution in [0, 0.1) is 0 Å². The van der Waals surface area contributed by atoms with Gasteiger partial charge in [-0.2, -0.15) is 0 Å². The lowest BCUT2D eigenvalue weighted by Crippen LogP contribution is -3.14. The highest BCUT2D eigenvalue weighted by molar-refractivity contribution is 7.92. The lowest BCUT2D eigenvalue weighted by Gasteiger charge is -2.36. The van der Waals surface area contributed by atoms with Crippen molar-refractivity contribution in [3.05, 3.63) is 23.2 Å². The van der Waals surface area contributed by atoms with Gasteiger partial charge in [-0.3, -0.25) is 9.10 Å². The van der Waals surface area contributed by atoms with Gasteiger partial charge in [-0.05, 0) is 32.0 Å². The van der Waals surface area contributed by atoms with Crippen LogP contribution in [0.3, 0.4) is 0 Å². The highest BCUT2D eigenvalue weighted by Gasteiger charge is 2.35. The van der Waals surface area contributed by atoms with E-state index in [2.05, 4.69) is 6.92 Å². The second-order valence-corrected chi connectivity index (χ2v) is 8.78. The second kappa shape index (κ2) is 8.45. The number of quaternary nitrogens is 1. The minimum Gasteiger partial charge on any atom is -0.495 e. The number of sulfonamides is 1. The number of halogens is 1. The number of hydrogen-bond donors (Lipinski definition) is 1. The Morgan fingerprint density at radius 3 is 2.50 bits per heavy atom. The number of carbonyl (C=O) groups excluding carboxylic acids is 1. The van der Waals surface area contributed by atoms with Crippen LogP contribution in [0.5, 0.6) is 5.75 Å². The Kier molecular flexibility index (Phi) is 6.76. The van der Waals surface area contributed by atoms with Crippen molar-refractivity contribution in [3.63, 3.8) is 0 Å². The third-order valence-corrected chi connectivity index (χ3v) is 6.19. The third-order valence-electron chi connectivity index (χ3n) is 4.73. The highest BCUT2D eigenvalue weighted by Crippen LogP contribution is 2.34. The van der Waals surface area contributed by atoms with Crippen LogP contribution in [-0.4, -0.2) is 71.4 Å². The molecule has 1 fully saturated rings. The van der Waals surface area contributed by atoms with E-state index in [9.17, 15) is 13.2 Å². The molecule has 7 nitrogen and oxygen atoms in total. The van der Waals surface area contributed by atoms with Crippen LogP contribution in [0.4, 0.5) is 5.69 Å². The lowest BCUT2D eigenvalue weighted by molar-refractivity contribution is -0.902. The van der Waals surface area contributed by atoms with E-state index in [1.165, 1.54) is 18.1 Å². The van der Waals surface area contributed by atoms with E-state index in [1.54, 1.807) is 24.0 Å². The number of piperazine rings is 1. The SMILES string of the molecule is CC[NH+]1CCN(C(=O)[C@@H](C)N(c2cc(Cl)ccc2OC)S(C)(=O)=O)CC1. The Labute approximate surface area is 160 Å². The van der Waals surface area contributed by atoms with Gasteiger partial charge in [0, 0.05) is 5.02 Å². The van der Waals surface area contributed by atoms with Crippen molar-refractivity contribution >= 4 is 33.2 Å². The van der Waals surface area contributed by atoms with Gasteiger partial charge < -0.3 is 14.5 Å². The molecule has 0 unspecified atom stereocenters. The molecule has 1 aliphatic heterocycles. The van der Waals surface area contributed by atoms with E-state index in [0.29, 0.717) is 23.9 Å². The summed E-state index contributed by atoms with van der Waals surface area (Å²) in [6, 6.07) is 3.82. The molecule has 0 bridgehead atoms. The summed E-state index contributed by atoms with van der Waals surface area (Å²) in [4.78, 5) is 16.2. The van der Waals surface area contributed by atoms with Crippen molar-refractivity contribution in [1.82, 2.24) is 4.90 Å². The number of hydrogen-bond acceptors (Lipinski definition) is 4. The van der Waals surface area contributed by atoms with Crippen LogP contribution in [0.25, 0.3) is 0 Å². The van der Waals surface area contributed by atoms with Gasteiger partial charge in [0.2, 0.25) is 15.9 Å². The fourth-order valence-electron chi connectivity index (χ4n) is 3.27. The number of ether oxygens (including phenoxy) is 1. The average molecular weight is 405 g/mol. The maximum absolute atomic E-state index is 13.0. The number of methoxy groups -OCH3 is 1. The Bertz CT molecular complexity index is 748. The molecule has 26 heavy (non-hydrogen) atoms. The van der Waals surface area contributed by atoms with Crippen LogP contribution in [0.2, 0.25) is 5.02 Å². The van der Waals surface area contributed by atoms with Gasteiger partial charge in [0.25, 0.3) is 0 Å². The first-order valence-corrected chi connectivity index (χ1v) is 10.9. The van der Waals surface area contributed by atoms with Gasteiger partial charge in [0.1, 0.15) is 11.8 Å². The zero-order valence-electron chi connectivity index (χ0n) is 15.7. The number of carbonyl (C=O) groups is 1. The van der Waals surface area contributed by atoms with Crippen molar-refractivity contribution in [1.29, 1.82) is 0 Å². The van der Waals surface area contributed by atoms with Gasteiger partial charge in [-0.15, -0.1) is 0 Å². The Morgan fingerprint density at radius 1 is 1.38 bits per heavy atom. The molecule has 1 aromatic carbocycles. The van der Waals surface area contributed by atoms with E-state index in [-0.39, 0.29) is 11.6 Å². The molecule has 2 rings (SSSR count). The van der Waals surface area contributed by atoms with E-state index < -0.39 is 16.1 Å². The molecule has 0 aliphatic carbocycles. The standard InChI is InChI=1S/C17H26ClN3O4S/c1-5-19-8-10-20(11-9-19)17(22)13(2)21(26(4,23)24)15-12-14(18)6-7-16(15)25-3/h6-7,12-13H,5,8-11H2,1-4H3/p+1/t13-/m1/s1. The van der Waals surface area contributed by atoms with E-state index in [4.69, 9.17) is 16.3 Å². The molecule has 0 radical (unpaired) electrons. The molecule has 0 saturated carbocycles. The number of nitrogens with zero attached hydrogens (tertiary/aromatic N) is 2. The summed E-state index contributed by atoms with van der Waals surface area (Å²) in [5, 5.41) is 0.370. The predicted molar refractivity (Wildman–Crippen MR) is 103 cm³/mol. The van der Waals surface area contributed by atoms with Gasteiger partial charge in [-0.1, -0.05) is 11.6 Å². The van der Waals surface area contributed by atoms with Crippen LogP contribution in [-0.2, 0) is 14.8 Å². The summed E-state index contributed by atoms with van der Waals surface area (Å²) in [6.45, 7) is 7.72. The Hall–Kier alpha value is -1.51. The fourth-order valence-corrected chi connectivity index (χ4v) is 4.60. The summed E-state index contributed by atoms with van der Waals surface area (Å²) in [7, 11) is -2.27. The van der Waals surface area contributed by atoms with Gasteiger partial charge in [0.05, 0.1) is 51.8 Å². The molecular formula is C17H27ClN3O4S+. The molecule has 0 spiro atoms. The molecular weight excluding hydrogens is 378 g/mol. The largest absolute Gasteiger partial charge is 0.495 e.